The quantitative estimate of drug-likeness (QED) is 0.0928. The summed E-state index contributed by atoms with van der Waals surface area (Å²) in [5, 5.41) is 8.96. The Kier molecular flexibility index (Phi) is 14.7. The van der Waals surface area contributed by atoms with Crippen LogP contribution in [-0.4, -0.2) is 13.2 Å². The standard InChI is InChI=1S/C45H53F2NO2/c1-2-12-34-13-17-36(18-14-34)38-21-23-40(24-22-38)42-29-30-43(45(47)44(42)46)50-32-11-9-7-5-3-4-6-8-10-31-49-41-27-25-39(26-28-41)37-19-15-35(33-48)16-20-37/h15-16,19-30,34,36H,2-14,17-18,31-32H2,1H3. The van der Waals surface area contributed by atoms with E-state index in [0.29, 0.717) is 23.7 Å². The minimum atomic E-state index is -0.899. The van der Waals surface area contributed by atoms with Gasteiger partial charge >= 0.3 is 0 Å². The van der Waals surface area contributed by atoms with Gasteiger partial charge in [-0.05, 0) is 109 Å². The summed E-state index contributed by atoms with van der Waals surface area (Å²) in [5.41, 5.74) is 5.16. The lowest BCUT2D eigenvalue weighted by Crippen LogP contribution is -2.13. The molecular weight excluding hydrogens is 624 g/mol. The molecule has 0 radical (unpaired) electrons. The lowest BCUT2D eigenvalue weighted by molar-refractivity contribution is 0.285. The molecule has 0 saturated heterocycles. The molecule has 0 amide bonds. The van der Waals surface area contributed by atoms with E-state index in [1.54, 1.807) is 12.1 Å². The van der Waals surface area contributed by atoms with Crippen molar-refractivity contribution in [2.45, 2.75) is 109 Å². The fraction of sp³-hybridized carbons (Fsp3) is 0.444. The number of unbranched alkanes of at least 4 members (excludes halogenated alkanes) is 8. The van der Waals surface area contributed by atoms with Gasteiger partial charge in [-0.1, -0.05) is 113 Å². The molecule has 0 spiro atoms. The SMILES string of the molecule is CCCC1CCC(c2ccc(-c3ccc(OCCCCCCCCCCCOc4ccc(-c5ccc(C#N)cc5)cc4)c(F)c3F)cc2)CC1. The Morgan fingerprint density at radius 1 is 0.600 bits per heavy atom. The maximum atomic E-state index is 15.1. The van der Waals surface area contributed by atoms with E-state index in [-0.39, 0.29) is 11.3 Å². The van der Waals surface area contributed by atoms with Crippen LogP contribution in [0.1, 0.15) is 120 Å². The number of nitriles is 1. The molecule has 50 heavy (non-hydrogen) atoms. The van der Waals surface area contributed by atoms with E-state index in [1.165, 1.54) is 69.8 Å². The Balaban J connectivity index is 0.895. The van der Waals surface area contributed by atoms with E-state index in [1.807, 2.05) is 48.5 Å². The smallest absolute Gasteiger partial charge is 0.201 e. The molecule has 0 bridgehead atoms. The van der Waals surface area contributed by atoms with Crippen molar-refractivity contribution in [1.82, 2.24) is 0 Å². The van der Waals surface area contributed by atoms with Crippen LogP contribution in [0.15, 0.2) is 84.9 Å². The number of rotatable bonds is 19. The van der Waals surface area contributed by atoms with Crippen LogP contribution in [0.2, 0.25) is 0 Å². The second kappa shape index (κ2) is 19.9. The van der Waals surface area contributed by atoms with E-state index in [2.05, 4.69) is 37.3 Å². The Hall–Kier alpha value is -4.17. The lowest BCUT2D eigenvalue weighted by Gasteiger charge is -2.28. The van der Waals surface area contributed by atoms with E-state index in [9.17, 15) is 4.39 Å². The average molecular weight is 678 g/mol. The summed E-state index contributed by atoms with van der Waals surface area (Å²) >= 11 is 0. The lowest BCUT2D eigenvalue weighted by atomic mass is 9.77. The maximum absolute atomic E-state index is 15.1. The van der Waals surface area contributed by atoms with Gasteiger partial charge in [0, 0.05) is 5.56 Å². The van der Waals surface area contributed by atoms with Gasteiger partial charge in [-0.15, -0.1) is 0 Å². The number of hydrogen-bond donors (Lipinski definition) is 0. The first kappa shape index (κ1) is 37.1. The molecule has 264 valence electrons. The van der Waals surface area contributed by atoms with E-state index in [0.717, 1.165) is 61.5 Å². The molecule has 1 aliphatic carbocycles. The Morgan fingerprint density at radius 3 is 1.72 bits per heavy atom. The third-order valence-electron chi connectivity index (χ3n) is 10.3. The highest BCUT2D eigenvalue weighted by atomic mass is 19.2. The molecule has 0 aromatic heterocycles. The minimum absolute atomic E-state index is 0.00388. The van der Waals surface area contributed by atoms with Crippen LogP contribution in [0.5, 0.6) is 11.5 Å². The number of benzene rings is 4. The average Bonchev–Trinajstić information content (AvgIpc) is 3.16. The van der Waals surface area contributed by atoms with Gasteiger partial charge in [-0.25, -0.2) is 4.39 Å². The van der Waals surface area contributed by atoms with Gasteiger partial charge in [0.25, 0.3) is 0 Å². The zero-order chi connectivity index (χ0) is 35.0. The molecule has 0 atom stereocenters. The van der Waals surface area contributed by atoms with Gasteiger partial charge in [0.1, 0.15) is 5.75 Å². The first-order valence-electron chi connectivity index (χ1n) is 19.0. The zero-order valence-electron chi connectivity index (χ0n) is 29.8. The topological polar surface area (TPSA) is 42.2 Å². The number of nitrogens with zero attached hydrogens (tertiary/aromatic N) is 1. The second-order valence-corrected chi connectivity index (χ2v) is 14.0. The molecule has 5 heteroatoms. The molecule has 0 N–H and O–H groups in total. The first-order valence-corrected chi connectivity index (χ1v) is 19.0. The molecule has 1 fully saturated rings. The van der Waals surface area contributed by atoms with Crippen molar-refractivity contribution in [3.05, 3.63) is 108 Å². The van der Waals surface area contributed by atoms with E-state index in [4.69, 9.17) is 14.7 Å². The summed E-state index contributed by atoms with van der Waals surface area (Å²) in [5.74, 6) is 0.584. The Morgan fingerprint density at radius 2 is 1.14 bits per heavy atom. The van der Waals surface area contributed by atoms with E-state index >= 15 is 4.39 Å². The highest BCUT2D eigenvalue weighted by Gasteiger charge is 2.22. The number of hydrogen-bond acceptors (Lipinski definition) is 3. The fourth-order valence-electron chi connectivity index (χ4n) is 7.29. The predicted octanol–water partition coefficient (Wildman–Crippen LogP) is 13.2. The van der Waals surface area contributed by atoms with Crippen LogP contribution >= 0.6 is 0 Å². The third kappa shape index (κ3) is 10.9. The largest absolute Gasteiger partial charge is 0.494 e. The van der Waals surface area contributed by atoms with Crippen molar-refractivity contribution in [3.8, 4) is 39.8 Å². The molecule has 4 aromatic carbocycles. The van der Waals surface area contributed by atoms with Crippen molar-refractivity contribution in [3.63, 3.8) is 0 Å². The molecule has 0 aliphatic heterocycles. The Bertz CT molecular complexity index is 1620. The maximum Gasteiger partial charge on any atom is 0.201 e. The Labute approximate surface area is 298 Å². The molecule has 1 aliphatic rings. The zero-order valence-corrected chi connectivity index (χ0v) is 29.8. The fourth-order valence-corrected chi connectivity index (χ4v) is 7.29. The van der Waals surface area contributed by atoms with Crippen LogP contribution in [0.3, 0.4) is 0 Å². The second-order valence-electron chi connectivity index (χ2n) is 14.0. The molecule has 3 nitrogen and oxygen atoms in total. The highest BCUT2D eigenvalue weighted by Crippen LogP contribution is 2.38. The summed E-state index contributed by atoms with van der Waals surface area (Å²) in [4.78, 5) is 0. The summed E-state index contributed by atoms with van der Waals surface area (Å²) in [6.07, 6.45) is 17.6. The summed E-state index contributed by atoms with van der Waals surface area (Å²) < 4.78 is 41.5. The van der Waals surface area contributed by atoms with Crippen molar-refractivity contribution >= 4 is 0 Å². The van der Waals surface area contributed by atoms with Crippen molar-refractivity contribution in [1.29, 1.82) is 5.26 Å². The van der Waals surface area contributed by atoms with Crippen LogP contribution in [0.4, 0.5) is 8.78 Å². The highest BCUT2D eigenvalue weighted by molar-refractivity contribution is 5.66. The molecule has 0 unspecified atom stereocenters. The van der Waals surface area contributed by atoms with Gasteiger partial charge < -0.3 is 9.47 Å². The summed E-state index contributed by atoms with van der Waals surface area (Å²) in [7, 11) is 0. The summed E-state index contributed by atoms with van der Waals surface area (Å²) in [6, 6.07) is 29.1. The molecule has 0 heterocycles. The molecule has 1 saturated carbocycles. The van der Waals surface area contributed by atoms with Crippen LogP contribution in [-0.2, 0) is 0 Å². The molecular formula is C45H53F2NO2. The monoisotopic (exact) mass is 677 g/mol. The number of ether oxygens (including phenoxy) is 2. The van der Waals surface area contributed by atoms with Crippen molar-refractivity contribution in [2.75, 3.05) is 13.2 Å². The number of halogens is 2. The van der Waals surface area contributed by atoms with E-state index < -0.39 is 11.6 Å². The predicted molar refractivity (Wildman–Crippen MR) is 201 cm³/mol. The minimum Gasteiger partial charge on any atom is -0.494 e. The normalized spacial score (nSPS) is 15.8. The van der Waals surface area contributed by atoms with Crippen LogP contribution < -0.4 is 9.47 Å². The van der Waals surface area contributed by atoms with Gasteiger partial charge in [0.15, 0.2) is 11.6 Å². The third-order valence-corrected chi connectivity index (χ3v) is 10.3. The van der Waals surface area contributed by atoms with Crippen LogP contribution in [0, 0.1) is 28.9 Å². The molecule has 4 aromatic rings. The van der Waals surface area contributed by atoms with Crippen molar-refractivity contribution < 1.29 is 18.3 Å². The first-order chi connectivity index (χ1) is 24.6. The van der Waals surface area contributed by atoms with Gasteiger partial charge in [0.2, 0.25) is 5.82 Å². The van der Waals surface area contributed by atoms with Gasteiger partial charge in [0.05, 0.1) is 24.8 Å². The van der Waals surface area contributed by atoms with Gasteiger partial charge in [-0.2, -0.15) is 9.65 Å². The summed E-state index contributed by atoms with van der Waals surface area (Å²) in [6.45, 7) is 3.37. The van der Waals surface area contributed by atoms with Crippen molar-refractivity contribution in [2.24, 2.45) is 5.92 Å². The molecule has 5 rings (SSSR count). The van der Waals surface area contributed by atoms with Gasteiger partial charge in [-0.3, -0.25) is 0 Å². The van der Waals surface area contributed by atoms with Crippen LogP contribution in [0.25, 0.3) is 22.3 Å².